The van der Waals surface area contributed by atoms with Gasteiger partial charge in [0.05, 0.1) is 13.2 Å². The first-order valence-electron chi connectivity index (χ1n) is 8.78. The molecule has 1 fully saturated rings. The van der Waals surface area contributed by atoms with Gasteiger partial charge in [-0.3, -0.25) is 4.90 Å². The molecule has 4 rings (SSSR count). The van der Waals surface area contributed by atoms with Gasteiger partial charge in [-0.1, -0.05) is 24.3 Å². The number of rotatable bonds is 4. The van der Waals surface area contributed by atoms with Gasteiger partial charge in [0.15, 0.2) is 0 Å². The van der Waals surface area contributed by atoms with Crippen LogP contribution in [0.3, 0.4) is 0 Å². The molecule has 0 atom stereocenters. The topological polar surface area (TPSA) is 24.5 Å². The summed E-state index contributed by atoms with van der Waals surface area (Å²) in [5.74, 6) is 0. The molecule has 0 spiro atoms. The van der Waals surface area contributed by atoms with Crippen molar-refractivity contribution in [3.8, 4) is 10.4 Å². The van der Waals surface area contributed by atoms with Crippen LogP contribution in [0.5, 0.6) is 0 Å². The van der Waals surface area contributed by atoms with Crippen molar-refractivity contribution in [2.24, 2.45) is 0 Å². The van der Waals surface area contributed by atoms with Crippen molar-refractivity contribution in [2.75, 3.05) is 39.4 Å². The Morgan fingerprint density at radius 3 is 2.79 bits per heavy atom. The number of benzene rings is 1. The Morgan fingerprint density at radius 1 is 1.08 bits per heavy atom. The van der Waals surface area contributed by atoms with Gasteiger partial charge in [0.2, 0.25) is 0 Å². The summed E-state index contributed by atoms with van der Waals surface area (Å²) < 4.78 is 5.43. The molecule has 126 valence electrons. The minimum atomic E-state index is 0.743. The number of hydrogen-bond acceptors (Lipinski definition) is 4. The molecule has 1 aromatic heterocycles. The molecule has 0 bridgehead atoms. The summed E-state index contributed by atoms with van der Waals surface area (Å²) in [6.45, 7) is 7.18. The summed E-state index contributed by atoms with van der Waals surface area (Å²) in [6, 6.07) is 13.5. The third-order valence-electron chi connectivity index (χ3n) is 4.73. The van der Waals surface area contributed by atoms with Crippen LogP contribution in [0.25, 0.3) is 16.0 Å². The largest absolute Gasteiger partial charge is 0.377 e. The molecule has 4 heteroatoms. The minimum absolute atomic E-state index is 0.743. The van der Waals surface area contributed by atoms with Crippen molar-refractivity contribution in [1.29, 1.82) is 0 Å². The van der Waals surface area contributed by atoms with E-state index in [1.165, 1.54) is 26.5 Å². The fourth-order valence-corrected chi connectivity index (χ4v) is 4.42. The van der Waals surface area contributed by atoms with Gasteiger partial charge in [-0.05, 0) is 41.3 Å². The highest BCUT2D eigenvalue weighted by atomic mass is 32.1. The lowest BCUT2D eigenvalue weighted by Gasteiger charge is -2.26. The Bertz CT molecular complexity index is 716. The summed E-state index contributed by atoms with van der Waals surface area (Å²) in [4.78, 5) is 5.37. The maximum atomic E-state index is 5.43. The van der Waals surface area contributed by atoms with E-state index in [0.29, 0.717) is 0 Å². The van der Waals surface area contributed by atoms with Crippen molar-refractivity contribution >= 4 is 16.9 Å². The summed E-state index contributed by atoms with van der Waals surface area (Å²) in [7, 11) is 0. The molecule has 0 radical (unpaired) electrons. The van der Waals surface area contributed by atoms with E-state index in [4.69, 9.17) is 4.74 Å². The third kappa shape index (κ3) is 3.78. The van der Waals surface area contributed by atoms with Crippen LogP contribution in [0.4, 0.5) is 0 Å². The maximum Gasteiger partial charge on any atom is 0.0653 e. The zero-order valence-corrected chi connectivity index (χ0v) is 14.8. The van der Waals surface area contributed by atoms with E-state index in [1.807, 2.05) is 11.3 Å². The normalized spacial score (nSPS) is 19.2. The number of nitrogens with zero attached hydrogens (tertiary/aromatic N) is 1. The summed E-state index contributed by atoms with van der Waals surface area (Å²) in [5, 5.41) is 3.42. The lowest BCUT2D eigenvalue weighted by atomic mass is 9.99. The van der Waals surface area contributed by atoms with E-state index < -0.39 is 0 Å². The number of piperazine rings is 1. The first-order chi connectivity index (χ1) is 11.9. The van der Waals surface area contributed by atoms with Gasteiger partial charge in [-0.25, -0.2) is 0 Å². The monoisotopic (exact) mass is 340 g/mol. The van der Waals surface area contributed by atoms with Crippen molar-refractivity contribution in [3.63, 3.8) is 0 Å². The number of ether oxygens (including phenoxy) is 1. The van der Waals surface area contributed by atoms with Gasteiger partial charge in [-0.2, -0.15) is 0 Å². The van der Waals surface area contributed by atoms with E-state index in [0.717, 1.165) is 52.4 Å². The molecule has 0 aliphatic carbocycles. The van der Waals surface area contributed by atoms with Crippen LogP contribution in [0, 0.1) is 0 Å². The van der Waals surface area contributed by atoms with Crippen LogP contribution in [-0.2, 0) is 11.3 Å². The van der Waals surface area contributed by atoms with E-state index in [1.54, 1.807) is 0 Å². The molecule has 3 heterocycles. The molecule has 0 unspecified atom stereocenters. The molecule has 1 aromatic carbocycles. The van der Waals surface area contributed by atoms with Crippen molar-refractivity contribution < 1.29 is 4.74 Å². The zero-order chi connectivity index (χ0) is 16.2. The SMILES string of the molecule is C1=C(c2cccc(-c3ccc(CN4CCNCC4)s3)c2)CCOC1. The minimum Gasteiger partial charge on any atom is -0.377 e. The Kier molecular flexibility index (Phi) is 5.09. The first-order valence-corrected chi connectivity index (χ1v) is 9.59. The lowest BCUT2D eigenvalue weighted by Crippen LogP contribution is -2.42. The molecule has 3 nitrogen and oxygen atoms in total. The van der Waals surface area contributed by atoms with Crippen LogP contribution >= 0.6 is 11.3 Å². The molecule has 24 heavy (non-hydrogen) atoms. The highest BCUT2D eigenvalue weighted by molar-refractivity contribution is 7.15. The second-order valence-electron chi connectivity index (χ2n) is 6.43. The van der Waals surface area contributed by atoms with Gasteiger partial charge in [0, 0.05) is 42.5 Å². The van der Waals surface area contributed by atoms with Crippen molar-refractivity contribution in [3.05, 3.63) is 52.9 Å². The fourth-order valence-electron chi connectivity index (χ4n) is 3.37. The summed E-state index contributed by atoms with van der Waals surface area (Å²) in [6.07, 6.45) is 3.23. The van der Waals surface area contributed by atoms with Gasteiger partial charge in [0.25, 0.3) is 0 Å². The Hall–Kier alpha value is -1.46. The third-order valence-corrected chi connectivity index (χ3v) is 5.85. The molecule has 2 aliphatic rings. The predicted octanol–water partition coefficient (Wildman–Crippen LogP) is 3.62. The van der Waals surface area contributed by atoms with Gasteiger partial charge >= 0.3 is 0 Å². The predicted molar refractivity (Wildman–Crippen MR) is 101 cm³/mol. The van der Waals surface area contributed by atoms with Crippen molar-refractivity contribution in [2.45, 2.75) is 13.0 Å². The van der Waals surface area contributed by atoms with Gasteiger partial charge in [0.1, 0.15) is 0 Å². The average molecular weight is 340 g/mol. The summed E-state index contributed by atoms with van der Waals surface area (Å²) in [5.41, 5.74) is 4.09. The van der Waals surface area contributed by atoms with Crippen LogP contribution in [0.1, 0.15) is 16.9 Å². The number of thiophene rings is 1. The molecule has 2 aliphatic heterocycles. The van der Waals surface area contributed by atoms with Crippen LogP contribution in [0.2, 0.25) is 0 Å². The first kappa shape index (κ1) is 16.0. The van der Waals surface area contributed by atoms with E-state index in [2.05, 4.69) is 52.7 Å². The van der Waals surface area contributed by atoms with E-state index >= 15 is 0 Å². The molecular formula is C20H24N2OS. The van der Waals surface area contributed by atoms with Crippen LogP contribution in [-0.4, -0.2) is 44.3 Å². The Balaban J connectivity index is 1.50. The second kappa shape index (κ2) is 7.62. The molecule has 0 amide bonds. The van der Waals surface area contributed by atoms with E-state index in [-0.39, 0.29) is 0 Å². The van der Waals surface area contributed by atoms with Crippen molar-refractivity contribution in [1.82, 2.24) is 10.2 Å². The maximum absolute atomic E-state index is 5.43. The van der Waals surface area contributed by atoms with Gasteiger partial charge in [-0.15, -0.1) is 11.3 Å². The second-order valence-corrected chi connectivity index (χ2v) is 7.60. The Labute approximate surface area is 148 Å². The molecular weight excluding hydrogens is 316 g/mol. The highest BCUT2D eigenvalue weighted by Gasteiger charge is 2.12. The van der Waals surface area contributed by atoms with Crippen LogP contribution in [0.15, 0.2) is 42.5 Å². The summed E-state index contributed by atoms with van der Waals surface area (Å²) >= 11 is 1.93. The van der Waals surface area contributed by atoms with Crippen LogP contribution < -0.4 is 5.32 Å². The molecule has 0 saturated carbocycles. The quantitative estimate of drug-likeness (QED) is 0.920. The number of hydrogen-bond donors (Lipinski definition) is 1. The zero-order valence-electron chi connectivity index (χ0n) is 14.0. The van der Waals surface area contributed by atoms with Gasteiger partial charge < -0.3 is 10.1 Å². The number of nitrogens with one attached hydrogen (secondary N) is 1. The molecule has 2 aromatic rings. The highest BCUT2D eigenvalue weighted by Crippen LogP contribution is 2.31. The van der Waals surface area contributed by atoms with E-state index in [9.17, 15) is 0 Å². The molecule has 1 N–H and O–H groups in total. The standard InChI is InChI=1S/C20H24N2OS/c1-2-17(16-6-12-23-13-7-16)14-18(3-1)20-5-4-19(24-20)15-22-10-8-21-9-11-22/h1-6,14,21H,7-13,15H2. The fraction of sp³-hybridized carbons (Fsp3) is 0.400. The average Bonchev–Trinajstić information content (AvgIpc) is 3.12. The smallest absolute Gasteiger partial charge is 0.0653 e. The lowest BCUT2D eigenvalue weighted by molar-refractivity contribution is 0.161. The Morgan fingerprint density at radius 2 is 1.96 bits per heavy atom. The molecule has 1 saturated heterocycles.